The van der Waals surface area contributed by atoms with Crippen LogP contribution in [0.1, 0.15) is 6.92 Å². The summed E-state index contributed by atoms with van der Waals surface area (Å²) in [4.78, 5) is 0. The Morgan fingerprint density at radius 1 is 1.53 bits per heavy atom. The highest BCUT2D eigenvalue weighted by Crippen LogP contribution is 2.16. The van der Waals surface area contributed by atoms with Gasteiger partial charge in [0.05, 0.1) is 12.3 Å². The molecule has 15 heavy (non-hydrogen) atoms. The Bertz CT molecular complexity index is 503. The molecule has 4 nitrogen and oxygen atoms in total. The van der Waals surface area contributed by atoms with Crippen LogP contribution in [0.4, 0.5) is 0 Å². The molecule has 5 heteroatoms. The van der Waals surface area contributed by atoms with Crippen molar-refractivity contribution in [3.05, 3.63) is 35.4 Å². The van der Waals surface area contributed by atoms with E-state index in [2.05, 4.69) is 10.2 Å². The molecular weight excluding hydrogens is 210 g/mol. The van der Waals surface area contributed by atoms with E-state index >= 15 is 0 Å². The molecular formula is C10H11N3OS. The summed E-state index contributed by atoms with van der Waals surface area (Å²) in [5, 5.41) is 6.57. The largest absolute Gasteiger partial charge is 0.494 e. The zero-order valence-corrected chi connectivity index (χ0v) is 9.12. The van der Waals surface area contributed by atoms with E-state index < -0.39 is 0 Å². The fraction of sp³-hybridized carbons (Fsp3) is 0.200. The van der Waals surface area contributed by atoms with Crippen molar-refractivity contribution in [2.24, 2.45) is 0 Å². The van der Waals surface area contributed by atoms with Crippen molar-refractivity contribution in [1.29, 1.82) is 0 Å². The van der Waals surface area contributed by atoms with Gasteiger partial charge in [0.1, 0.15) is 12.1 Å². The maximum Gasteiger partial charge on any atom is 0.199 e. The highest BCUT2D eigenvalue weighted by molar-refractivity contribution is 7.71. The predicted octanol–water partition coefficient (Wildman–Crippen LogP) is 2.33. The number of nitrogens with one attached hydrogen (secondary N) is 1. The van der Waals surface area contributed by atoms with Gasteiger partial charge in [0.2, 0.25) is 0 Å². The lowest BCUT2D eigenvalue weighted by Crippen LogP contribution is -1.95. The second-order valence-corrected chi connectivity index (χ2v) is 3.35. The molecule has 0 saturated heterocycles. The second kappa shape index (κ2) is 4.27. The van der Waals surface area contributed by atoms with Gasteiger partial charge in [0.25, 0.3) is 0 Å². The summed E-state index contributed by atoms with van der Waals surface area (Å²) < 4.78 is 7.77. The molecule has 0 unspecified atom stereocenters. The van der Waals surface area contributed by atoms with Crippen molar-refractivity contribution in [3.63, 3.8) is 0 Å². The van der Waals surface area contributed by atoms with E-state index in [1.807, 2.05) is 31.2 Å². The monoisotopic (exact) mass is 221 g/mol. The van der Waals surface area contributed by atoms with Crippen LogP contribution in [-0.2, 0) is 0 Å². The van der Waals surface area contributed by atoms with Crippen LogP contribution in [0.15, 0.2) is 30.6 Å². The summed E-state index contributed by atoms with van der Waals surface area (Å²) in [6.45, 7) is 2.61. The molecule has 1 aromatic heterocycles. The third-order valence-electron chi connectivity index (χ3n) is 1.96. The molecule has 0 spiro atoms. The second-order valence-electron chi connectivity index (χ2n) is 2.96. The maximum absolute atomic E-state index is 5.41. The molecule has 0 fully saturated rings. The summed E-state index contributed by atoms with van der Waals surface area (Å²) in [6, 6.07) is 7.72. The number of ether oxygens (including phenoxy) is 1. The Hall–Kier alpha value is -1.62. The molecule has 0 atom stereocenters. The van der Waals surface area contributed by atoms with E-state index in [9.17, 15) is 0 Å². The fourth-order valence-corrected chi connectivity index (χ4v) is 1.53. The summed E-state index contributed by atoms with van der Waals surface area (Å²) in [6.07, 6.45) is 1.65. The highest BCUT2D eigenvalue weighted by atomic mass is 32.1. The third-order valence-corrected chi connectivity index (χ3v) is 2.25. The average molecular weight is 221 g/mol. The fourth-order valence-electron chi connectivity index (χ4n) is 1.32. The molecule has 0 amide bonds. The maximum atomic E-state index is 5.41. The first-order valence-corrected chi connectivity index (χ1v) is 5.07. The lowest BCUT2D eigenvalue weighted by Gasteiger charge is -2.05. The van der Waals surface area contributed by atoms with Crippen molar-refractivity contribution >= 4 is 12.2 Å². The third kappa shape index (κ3) is 2.07. The Labute approximate surface area is 92.5 Å². The van der Waals surface area contributed by atoms with E-state index in [0.29, 0.717) is 11.4 Å². The van der Waals surface area contributed by atoms with Gasteiger partial charge in [-0.1, -0.05) is 6.07 Å². The number of benzene rings is 1. The first-order chi connectivity index (χ1) is 7.31. The van der Waals surface area contributed by atoms with E-state index in [1.54, 1.807) is 10.9 Å². The summed E-state index contributed by atoms with van der Waals surface area (Å²) in [7, 11) is 0. The first-order valence-electron chi connectivity index (χ1n) is 4.66. The van der Waals surface area contributed by atoms with E-state index in [4.69, 9.17) is 17.0 Å². The zero-order valence-electron chi connectivity index (χ0n) is 8.30. The molecule has 0 radical (unpaired) electrons. The van der Waals surface area contributed by atoms with Gasteiger partial charge in [-0.3, -0.25) is 9.67 Å². The van der Waals surface area contributed by atoms with Gasteiger partial charge < -0.3 is 4.74 Å². The van der Waals surface area contributed by atoms with Crippen LogP contribution < -0.4 is 4.74 Å². The van der Waals surface area contributed by atoms with Gasteiger partial charge in [0.15, 0.2) is 4.77 Å². The lowest BCUT2D eigenvalue weighted by atomic mass is 10.3. The smallest absolute Gasteiger partial charge is 0.199 e. The summed E-state index contributed by atoms with van der Waals surface area (Å²) in [5.41, 5.74) is 0.944. The number of nitrogens with zero attached hydrogens (tertiary/aromatic N) is 2. The Kier molecular flexibility index (Phi) is 2.82. The number of aromatic amines is 1. The number of H-pyrrole nitrogens is 1. The van der Waals surface area contributed by atoms with Gasteiger partial charge in [-0.05, 0) is 31.3 Å². The van der Waals surface area contributed by atoms with Crippen LogP contribution in [0.2, 0.25) is 0 Å². The molecule has 0 saturated carbocycles. The molecule has 1 aromatic carbocycles. The summed E-state index contributed by atoms with van der Waals surface area (Å²) in [5.74, 6) is 0.832. The van der Waals surface area contributed by atoms with Crippen molar-refractivity contribution in [2.75, 3.05) is 6.61 Å². The van der Waals surface area contributed by atoms with Crippen LogP contribution in [0.3, 0.4) is 0 Å². The van der Waals surface area contributed by atoms with Crippen LogP contribution in [0, 0.1) is 4.77 Å². The Morgan fingerprint density at radius 2 is 2.40 bits per heavy atom. The van der Waals surface area contributed by atoms with Crippen LogP contribution >= 0.6 is 12.2 Å². The van der Waals surface area contributed by atoms with Gasteiger partial charge in [-0.15, -0.1) is 0 Å². The normalized spacial score (nSPS) is 10.2. The zero-order chi connectivity index (χ0) is 10.7. The first kappa shape index (κ1) is 9.92. The van der Waals surface area contributed by atoms with E-state index in [-0.39, 0.29) is 0 Å². The number of aromatic nitrogens is 3. The van der Waals surface area contributed by atoms with Gasteiger partial charge in [0, 0.05) is 6.07 Å². The molecule has 0 bridgehead atoms. The molecule has 78 valence electrons. The Balaban J connectivity index is 2.41. The quantitative estimate of drug-likeness (QED) is 0.809. The number of hydrogen-bond acceptors (Lipinski definition) is 3. The van der Waals surface area contributed by atoms with Crippen LogP contribution in [0.5, 0.6) is 5.75 Å². The molecule has 1 N–H and O–H groups in total. The van der Waals surface area contributed by atoms with Crippen LogP contribution in [0.25, 0.3) is 5.69 Å². The van der Waals surface area contributed by atoms with Crippen LogP contribution in [-0.4, -0.2) is 21.4 Å². The predicted molar refractivity (Wildman–Crippen MR) is 59.9 cm³/mol. The lowest BCUT2D eigenvalue weighted by molar-refractivity contribution is 0.340. The van der Waals surface area contributed by atoms with Gasteiger partial charge >= 0.3 is 0 Å². The minimum atomic E-state index is 0.573. The standard InChI is InChI=1S/C10H11N3OS/c1-2-14-9-5-3-4-8(6-9)13-7-11-12-10(13)15/h3-7H,2H2,1H3,(H,12,15). The Morgan fingerprint density at radius 3 is 3.07 bits per heavy atom. The highest BCUT2D eigenvalue weighted by Gasteiger charge is 1.99. The van der Waals surface area contributed by atoms with Gasteiger partial charge in [-0.2, -0.15) is 5.10 Å². The molecule has 1 heterocycles. The molecule has 2 rings (SSSR count). The van der Waals surface area contributed by atoms with Crippen molar-refractivity contribution in [3.8, 4) is 11.4 Å². The van der Waals surface area contributed by atoms with Crippen molar-refractivity contribution in [2.45, 2.75) is 6.92 Å². The minimum absolute atomic E-state index is 0.573. The topological polar surface area (TPSA) is 42.8 Å². The van der Waals surface area contributed by atoms with E-state index in [0.717, 1.165) is 11.4 Å². The summed E-state index contributed by atoms with van der Waals surface area (Å²) >= 11 is 5.08. The van der Waals surface area contributed by atoms with Gasteiger partial charge in [-0.25, -0.2) is 0 Å². The molecule has 2 aromatic rings. The number of hydrogen-bond donors (Lipinski definition) is 1. The van der Waals surface area contributed by atoms with E-state index in [1.165, 1.54) is 0 Å². The minimum Gasteiger partial charge on any atom is -0.494 e. The van der Waals surface area contributed by atoms with Crippen molar-refractivity contribution < 1.29 is 4.74 Å². The molecule has 0 aliphatic heterocycles. The molecule has 0 aliphatic carbocycles. The number of rotatable bonds is 3. The molecule has 0 aliphatic rings. The van der Waals surface area contributed by atoms with Crippen molar-refractivity contribution in [1.82, 2.24) is 14.8 Å². The average Bonchev–Trinajstić information content (AvgIpc) is 2.65. The SMILES string of the molecule is CCOc1cccc(-n2cn[nH]c2=S)c1.